The molecule has 2 aromatic carbocycles. The van der Waals surface area contributed by atoms with Gasteiger partial charge in [0.05, 0.1) is 0 Å². The van der Waals surface area contributed by atoms with E-state index in [9.17, 15) is 0 Å². The van der Waals surface area contributed by atoms with Gasteiger partial charge in [-0.15, -0.1) is 0 Å². The summed E-state index contributed by atoms with van der Waals surface area (Å²) in [7, 11) is 0. The first kappa shape index (κ1) is 11.6. The number of nitrogen functional groups attached to an aromatic ring is 1. The first-order chi connectivity index (χ1) is 7.18. The number of aryl methyl sites for hydroxylation is 1. The van der Waals surface area contributed by atoms with Crippen molar-refractivity contribution in [2.24, 2.45) is 0 Å². The fourth-order valence-electron chi connectivity index (χ4n) is 0.997. The molecule has 0 saturated carbocycles. The first-order valence-corrected chi connectivity index (χ1v) is 5.09. The highest BCUT2D eigenvalue weighted by molar-refractivity contribution is 6.30. The lowest BCUT2D eigenvalue weighted by atomic mass is 10.2. The number of benzene rings is 2. The zero-order valence-electron chi connectivity index (χ0n) is 8.65. The average Bonchev–Trinajstić information content (AvgIpc) is 2.25. The second kappa shape index (κ2) is 6.10. The van der Waals surface area contributed by atoms with Crippen LogP contribution in [0.15, 0.2) is 54.6 Å². The van der Waals surface area contributed by atoms with Crippen molar-refractivity contribution >= 4 is 17.3 Å². The quantitative estimate of drug-likeness (QED) is 0.668. The number of anilines is 1. The summed E-state index contributed by atoms with van der Waals surface area (Å²) in [6, 6.07) is 17.3. The molecular formula is C13H14ClN. The van der Waals surface area contributed by atoms with Crippen LogP contribution in [0.4, 0.5) is 5.69 Å². The van der Waals surface area contributed by atoms with E-state index in [-0.39, 0.29) is 0 Å². The van der Waals surface area contributed by atoms with Gasteiger partial charge >= 0.3 is 0 Å². The van der Waals surface area contributed by atoms with E-state index >= 15 is 0 Å². The Labute approximate surface area is 95.5 Å². The lowest BCUT2D eigenvalue weighted by Crippen LogP contribution is -1.80. The highest BCUT2D eigenvalue weighted by atomic mass is 35.5. The van der Waals surface area contributed by atoms with Gasteiger partial charge in [0.25, 0.3) is 0 Å². The van der Waals surface area contributed by atoms with E-state index in [0.717, 1.165) is 10.7 Å². The smallest absolute Gasteiger partial charge is 0.0407 e. The minimum atomic E-state index is 0.721. The summed E-state index contributed by atoms with van der Waals surface area (Å²) in [5, 5.41) is 0.721. The summed E-state index contributed by atoms with van der Waals surface area (Å²) in [5.74, 6) is 0. The highest BCUT2D eigenvalue weighted by Crippen LogP contribution is 2.09. The maximum absolute atomic E-state index is 5.56. The predicted molar refractivity (Wildman–Crippen MR) is 67.0 cm³/mol. The third-order valence-electron chi connectivity index (χ3n) is 1.81. The average molecular weight is 220 g/mol. The van der Waals surface area contributed by atoms with Gasteiger partial charge in [-0.1, -0.05) is 47.5 Å². The molecule has 2 rings (SSSR count). The highest BCUT2D eigenvalue weighted by Gasteiger charge is 1.82. The lowest BCUT2D eigenvalue weighted by molar-refractivity contribution is 1.48. The van der Waals surface area contributed by atoms with Crippen LogP contribution in [-0.4, -0.2) is 0 Å². The Bertz CT molecular complexity index is 360. The summed E-state index contributed by atoms with van der Waals surface area (Å²) < 4.78 is 0. The summed E-state index contributed by atoms with van der Waals surface area (Å²) in [4.78, 5) is 0. The van der Waals surface area contributed by atoms with Gasteiger partial charge in [-0.05, 0) is 31.2 Å². The number of hydrogen-bond acceptors (Lipinski definition) is 1. The molecule has 2 heteroatoms. The molecule has 0 fully saturated rings. The van der Waals surface area contributed by atoms with Gasteiger partial charge < -0.3 is 5.73 Å². The van der Waals surface area contributed by atoms with Gasteiger partial charge in [0.2, 0.25) is 0 Å². The lowest BCUT2D eigenvalue weighted by Gasteiger charge is -1.88. The fraction of sp³-hybridized carbons (Fsp3) is 0.0769. The number of nitrogens with two attached hydrogens (primary N) is 1. The molecule has 1 nitrogen and oxygen atoms in total. The molecule has 0 unspecified atom stereocenters. The SMILES string of the molecule is Cc1ccccc1.Nc1ccc(Cl)cc1. The molecule has 2 aromatic rings. The largest absolute Gasteiger partial charge is 0.399 e. The normalized spacial score (nSPS) is 8.93. The molecule has 0 saturated heterocycles. The van der Waals surface area contributed by atoms with Crippen molar-refractivity contribution in [1.29, 1.82) is 0 Å². The molecule has 0 spiro atoms. The van der Waals surface area contributed by atoms with Crippen LogP contribution in [-0.2, 0) is 0 Å². The third-order valence-corrected chi connectivity index (χ3v) is 2.06. The molecular weight excluding hydrogens is 206 g/mol. The van der Waals surface area contributed by atoms with Crippen molar-refractivity contribution in [2.75, 3.05) is 5.73 Å². The van der Waals surface area contributed by atoms with Crippen LogP contribution >= 0.6 is 11.6 Å². The topological polar surface area (TPSA) is 26.0 Å². The van der Waals surface area contributed by atoms with Crippen molar-refractivity contribution in [2.45, 2.75) is 6.92 Å². The van der Waals surface area contributed by atoms with Crippen LogP contribution in [0.5, 0.6) is 0 Å². The molecule has 0 amide bonds. The summed E-state index contributed by atoms with van der Waals surface area (Å²) in [5.41, 5.74) is 7.43. The molecule has 2 N–H and O–H groups in total. The third kappa shape index (κ3) is 5.08. The van der Waals surface area contributed by atoms with Crippen molar-refractivity contribution in [3.8, 4) is 0 Å². The van der Waals surface area contributed by atoms with Crippen molar-refractivity contribution < 1.29 is 0 Å². The maximum Gasteiger partial charge on any atom is 0.0407 e. The zero-order chi connectivity index (χ0) is 11.1. The Kier molecular flexibility index (Phi) is 4.72. The van der Waals surface area contributed by atoms with E-state index in [1.165, 1.54) is 5.56 Å². The predicted octanol–water partition coefficient (Wildman–Crippen LogP) is 3.92. The van der Waals surface area contributed by atoms with Crippen LogP contribution in [0.3, 0.4) is 0 Å². The van der Waals surface area contributed by atoms with Crippen molar-refractivity contribution in [1.82, 2.24) is 0 Å². The van der Waals surface area contributed by atoms with Crippen LogP contribution in [0, 0.1) is 6.92 Å². The summed E-state index contributed by atoms with van der Waals surface area (Å²) in [6.45, 7) is 2.08. The number of rotatable bonds is 0. The van der Waals surface area contributed by atoms with Gasteiger partial charge in [-0.25, -0.2) is 0 Å². The zero-order valence-corrected chi connectivity index (χ0v) is 9.41. The van der Waals surface area contributed by atoms with Crippen LogP contribution < -0.4 is 5.73 Å². The van der Waals surface area contributed by atoms with Crippen LogP contribution in [0.1, 0.15) is 5.56 Å². The Hall–Kier alpha value is -1.47. The molecule has 0 aliphatic rings. The summed E-state index contributed by atoms with van der Waals surface area (Å²) in [6.07, 6.45) is 0. The Morgan fingerprint density at radius 1 is 0.867 bits per heavy atom. The van der Waals surface area contributed by atoms with E-state index in [2.05, 4.69) is 19.1 Å². The molecule has 78 valence electrons. The minimum Gasteiger partial charge on any atom is -0.399 e. The number of halogens is 1. The molecule has 0 aliphatic carbocycles. The van der Waals surface area contributed by atoms with Gasteiger partial charge in [0.1, 0.15) is 0 Å². The van der Waals surface area contributed by atoms with Gasteiger partial charge in [-0.3, -0.25) is 0 Å². The van der Waals surface area contributed by atoms with E-state index in [4.69, 9.17) is 17.3 Å². The first-order valence-electron chi connectivity index (χ1n) is 4.71. The molecule has 0 bridgehead atoms. The van der Waals surface area contributed by atoms with E-state index in [0.29, 0.717) is 0 Å². The molecule has 15 heavy (non-hydrogen) atoms. The summed E-state index contributed by atoms with van der Waals surface area (Å²) >= 11 is 5.56. The van der Waals surface area contributed by atoms with Crippen molar-refractivity contribution in [3.05, 3.63) is 65.2 Å². The Balaban J connectivity index is 0.000000151. The van der Waals surface area contributed by atoms with Gasteiger partial charge in [0, 0.05) is 10.7 Å². The van der Waals surface area contributed by atoms with E-state index < -0.39 is 0 Å². The van der Waals surface area contributed by atoms with Gasteiger partial charge in [-0.2, -0.15) is 0 Å². The Morgan fingerprint density at radius 2 is 1.40 bits per heavy atom. The number of hydrogen-bond donors (Lipinski definition) is 1. The van der Waals surface area contributed by atoms with E-state index in [1.54, 1.807) is 24.3 Å². The van der Waals surface area contributed by atoms with E-state index in [1.807, 2.05) is 18.2 Å². The second-order valence-corrected chi connectivity index (χ2v) is 3.64. The van der Waals surface area contributed by atoms with Crippen LogP contribution in [0.25, 0.3) is 0 Å². The fourth-order valence-corrected chi connectivity index (χ4v) is 1.12. The molecule has 0 heterocycles. The molecule has 0 atom stereocenters. The minimum absolute atomic E-state index is 0.721. The second-order valence-electron chi connectivity index (χ2n) is 3.21. The molecule has 0 aromatic heterocycles. The monoisotopic (exact) mass is 219 g/mol. The Morgan fingerprint density at radius 3 is 1.73 bits per heavy atom. The molecule has 0 aliphatic heterocycles. The van der Waals surface area contributed by atoms with Gasteiger partial charge in [0.15, 0.2) is 0 Å². The molecule has 0 radical (unpaired) electrons. The van der Waals surface area contributed by atoms with Crippen LogP contribution in [0.2, 0.25) is 5.02 Å². The standard InChI is InChI=1S/C7H8.C6H6ClN/c1-7-5-3-2-4-6-7;7-5-1-3-6(8)4-2-5/h2-6H,1H3;1-4H,8H2. The van der Waals surface area contributed by atoms with Crippen molar-refractivity contribution in [3.63, 3.8) is 0 Å². The maximum atomic E-state index is 5.56.